The van der Waals surface area contributed by atoms with Gasteiger partial charge >= 0.3 is 5.97 Å². The van der Waals surface area contributed by atoms with Gasteiger partial charge in [0.2, 0.25) is 0 Å². The average molecular weight is 246 g/mol. The first-order valence-corrected chi connectivity index (χ1v) is 5.18. The average Bonchev–Trinajstić information content (AvgIpc) is 2.16. The van der Waals surface area contributed by atoms with E-state index in [0.717, 1.165) is 0 Å². The van der Waals surface area contributed by atoms with Crippen LogP contribution in [0, 0.1) is 0 Å². The summed E-state index contributed by atoms with van der Waals surface area (Å²) in [4.78, 5) is 9.29. The molecule has 0 aromatic carbocycles. The number of carboxylic acid groups (broad SMARTS) is 1. The van der Waals surface area contributed by atoms with E-state index in [1.54, 1.807) is 0 Å². The smallest absolute Gasteiger partial charge is 0.313 e. The van der Waals surface area contributed by atoms with Crippen LogP contribution in [0.4, 0.5) is 0 Å². The first-order valence-electron chi connectivity index (χ1n) is 3.40. The Labute approximate surface area is 93.6 Å². The topological polar surface area (TPSA) is 77.8 Å². The molecule has 0 unspecified atom stereocenters. The lowest BCUT2D eigenvalue weighted by atomic mass is 10.3. The van der Waals surface area contributed by atoms with Gasteiger partial charge in [0, 0.05) is 11.0 Å². The van der Waals surface area contributed by atoms with Gasteiger partial charge in [-0.25, -0.2) is 0 Å². The number of carboxylic acids is 1. The summed E-state index contributed by atoms with van der Waals surface area (Å²) < 4.78 is 0. The third kappa shape index (κ3) is 12.4. The normalized spacial score (nSPS) is 13.9. The summed E-state index contributed by atoms with van der Waals surface area (Å²) in [7, 11) is 0. The van der Waals surface area contributed by atoms with Crippen LogP contribution in [0.5, 0.6) is 0 Å². The lowest BCUT2D eigenvalue weighted by Gasteiger charge is -2.11. The van der Waals surface area contributed by atoms with Crippen molar-refractivity contribution in [2.75, 3.05) is 18.1 Å². The van der Waals surface area contributed by atoms with Crippen LogP contribution in [0.2, 0.25) is 0 Å². The number of aliphatic carboxylic acids is 1. The molecule has 13 heavy (non-hydrogen) atoms. The maximum atomic E-state index is 9.29. The Kier molecular flexibility index (Phi) is 12.9. The minimum Gasteiger partial charge on any atom is -0.481 e. The van der Waals surface area contributed by atoms with Crippen LogP contribution < -0.4 is 0 Å². The van der Waals surface area contributed by atoms with E-state index >= 15 is 0 Å². The highest BCUT2D eigenvalue weighted by Gasteiger charge is 2.10. The first-order chi connectivity index (χ1) is 5.99. The molecule has 4 nitrogen and oxygen atoms in total. The zero-order valence-corrected chi connectivity index (χ0v) is 9.55. The quantitative estimate of drug-likeness (QED) is 0.381. The van der Waals surface area contributed by atoms with Crippen LogP contribution in [-0.2, 0) is 4.79 Å². The molecule has 0 aliphatic rings. The summed E-state index contributed by atoms with van der Waals surface area (Å²) in [6.07, 6.45) is -0.740. The van der Waals surface area contributed by atoms with Crippen LogP contribution in [0.15, 0.2) is 0 Å². The first kappa shape index (κ1) is 15.9. The van der Waals surface area contributed by atoms with Gasteiger partial charge < -0.3 is 15.3 Å². The predicted octanol–water partition coefficient (Wildman–Crippen LogP) is -0.431. The standard InChI is InChI=1S/C4H10O2S2.C2H4O2S/c5-1-3(6)4(8)2-7;3-2(4)1-5/h3-8H,1-2H2;5H,1H2,(H,3,4)/t3-,4+;/m1./s1. The summed E-state index contributed by atoms with van der Waals surface area (Å²) >= 11 is 11.2. The van der Waals surface area contributed by atoms with Crippen LogP contribution in [-0.4, -0.2) is 50.8 Å². The highest BCUT2D eigenvalue weighted by Crippen LogP contribution is 2.02. The lowest BCUT2D eigenvalue weighted by molar-refractivity contribution is -0.133. The van der Waals surface area contributed by atoms with Crippen molar-refractivity contribution in [2.24, 2.45) is 0 Å². The zero-order valence-electron chi connectivity index (χ0n) is 6.87. The maximum Gasteiger partial charge on any atom is 0.313 e. The van der Waals surface area contributed by atoms with E-state index in [4.69, 9.17) is 15.3 Å². The summed E-state index contributed by atoms with van der Waals surface area (Å²) in [6.45, 7) is -0.241. The molecule has 0 saturated carbocycles. The van der Waals surface area contributed by atoms with Gasteiger partial charge in [0.05, 0.1) is 18.5 Å². The lowest BCUT2D eigenvalue weighted by Crippen LogP contribution is -2.25. The molecule has 0 fully saturated rings. The van der Waals surface area contributed by atoms with E-state index in [2.05, 4.69) is 37.9 Å². The predicted molar refractivity (Wildman–Crippen MR) is 61.2 cm³/mol. The van der Waals surface area contributed by atoms with E-state index in [0.29, 0.717) is 5.75 Å². The molecule has 0 amide bonds. The van der Waals surface area contributed by atoms with Gasteiger partial charge in [-0.15, -0.1) is 0 Å². The molecular weight excluding hydrogens is 232 g/mol. The number of aliphatic hydroxyl groups is 2. The van der Waals surface area contributed by atoms with E-state index in [9.17, 15) is 4.79 Å². The molecule has 0 aromatic heterocycles. The number of hydrogen-bond acceptors (Lipinski definition) is 6. The Bertz CT molecular complexity index is 125. The van der Waals surface area contributed by atoms with Crippen molar-refractivity contribution in [3.05, 3.63) is 0 Å². The Morgan fingerprint density at radius 2 is 1.77 bits per heavy atom. The van der Waals surface area contributed by atoms with E-state index in [1.165, 1.54) is 0 Å². The molecule has 0 radical (unpaired) electrons. The number of hydrogen-bond donors (Lipinski definition) is 6. The largest absolute Gasteiger partial charge is 0.481 e. The molecule has 0 aliphatic carbocycles. The fourth-order valence-corrected chi connectivity index (χ4v) is 0.581. The molecule has 3 N–H and O–H groups in total. The SMILES string of the molecule is O=C(O)CS.OC[C@@H](O)[C@@H](S)CS. The minimum atomic E-state index is -0.881. The Balaban J connectivity index is 0. The van der Waals surface area contributed by atoms with Crippen LogP contribution >= 0.6 is 37.9 Å². The van der Waals surface area contributed by atoms with Crippen LogP contribution in [0.1, 0.15) is 0 Å². The monoisotopic (exact) mass is 246 g/mol. The number of thiol groups is 3. The summed E-state index contributed by atoms with van der Waals surface area (Å²) in [5.74, 6) is -0.487. The zero-order chi connectivity index (χ0) is 10.9. The molecule has 0 aromatic rings. The summed E-state index contributed by atoms with van der Waals surface area (Å²) in [5, 5.41) is 24.5. The molecule has 0 heterocycles. The van der Waals surface area contributed by atoms with E-state index in [-0.39, 0.29) is 17.6 Å². The second kappa shape index (κ2) is 10.5. The van der Waals surface area contributed by atoms with Crippen molar-refractivity contribution in [3.8, 4) is 0 Å². The Morgan fingerprint density at radius 3 is 1.85 bits per heavy atom. The van der Waals surface area contributed by atoms with Gasteiger partial charge in [-0.3, -0.25) is 4.79 Å². The van der Waals surface area contributed by atoms with Crippen molar-refractivity contribution in [3.63, 3.8) is 0 Å². The molecule has 0 aliphatic heterocycles. The summed E-state index contributed by atoms with van der Waals surface area (Å²) in [5.41, 5.74) is 0. The van der Waals surface area contributed by atoms with Gasteiger partial charge in [0.25, 0.3) is 0 Å². The highest BCUT2D eigenvalue weighted by molar-refractivity contribution is 7.84. The molecular formula is C6H14O4S3. The molecule has 7 heteroatoms. The Morgan fingerprint density at radius 1 is 1.38 bits per heavy atom. The van der Waals surface area contributed by atoms with E-state index < -0.39 is 12.1 Å². The summed E-state index contributed by atoms with van der Waals surface area (Å²) in [6, 6.07) is 0. The third-order valence-corrected chi connectivity index (χ3v) is 2.43. The fraction of sp³-hybridized carbons (Fsp3) is 0.833. The second-order valence-electron chi connectivity index (χ2n) is 2.05. The number of rotatable bonds is 4. The van der Waals surface area contributed by atoms with Gasteiger partial charge in [0.1, 0.15) is 0 Å². The molecule has 2 atom stereocenters. The van der Waals surface area contributed by atoms with Gasteiger partial charge in [-0.05, 0) is 0 Å². The Hall–Kier alpha value is 0.440. The molecule has 0 spiro atoms. The van der Waals surface area contributed by atoms with E-state index in [1.807, 2.05) is 0 Å². The van der Waals surface area contributed by atoms with Crippen molar-refractivity contribution in [1.82, 2.24) is 0 Å². The molecule has 80 valence electrons. The van der Waals surface area contributed by atoms with Crippen molar-refractivity contribution >= 4 is 43.9 Å². The molecule has 0 saturated heterocycles. The van der Waals surface area contributed by atoms with Crippen molar-refractivity contribution < 1.29 is 20.1 Å². The van der Waals surface area contributed by atoms with Crippen LogP contribution in [0.3, 0.4) is 0 Å². The minimum absolute atomic E-state index is 0.0833. The maximum absolute atomic E-state index is 9.29. The number of carbonyl (C=O) groups is 1. The molecule has 0 bridgehead atoms. The van der Waals surface area contributed by atoms with Crippen molar-refractivity contribution in [1.29, 1.82) is 0 Å². The van der Waals surface area contributed by atoms with Gasteiger partial charge in [0.15, 0.2) is 0 Å². The third-order valence-electron chi connectivity index (χ3n) is 0.954. The van der Waals surface area contributed by atoms with Gasteiger partial charge in [-0.2, -0.15) is 37.9 Å². The second-order valence-corrected chi connectivity index (χ2v) is 3.40. The fourth-order valence-electron chi connectivity index (χ4n) is 0.243. The van der Waals surface area contributed by atoms with Crippen molar-refractivity contribution in [2.45, 2.75) is 11.4 Å². The van der Waals surface area contributed by atoms with Crippen LogP contribution in [0.25, 0.3) is 0 Å². The highest BCUT2D eigenvalue weighted by atomic mass is 32.1. The van der Waals surface area contributed by atoms with Gasteiger partial charge in [-0.1, -0.05) is 0 Å². The number of aliphatic hydroxyl groups excluding tert-OH is 2. The molecule has 0 rings (SSSR count).